The molecular weight excluding hydrogens is 1070 g/mol. The van der Waals surface area contributed by atoms with Crippen LogP contribution in [0, 0.1) is 40.3 Å². The highest BCUT2D eigenvalue weighted by atomic mass is 15.0. The molecule has 8 N–H and O–H groups in total. The molecule has 0 spiro atoms. The summed E-state index contributed by atoms with van der Waals surface area (Å²) in [6, 6.07) is 37.0. The van der Waals surface area contributed by atoms with Crippen molar-refractivity contribution in [1.29, 1.82) is 0 Å². The molecule has 8 aromatic carbocycles. The van der Waals surface area contributed by atoms with Crippen LogP contribution in [-0.4, -0.2) is 15.0 Å². The number of nitrogens with two attached hydrogens (primary N) is 2. The highest BCUT2D eigenvalue weighted by molar-refractivity contribution is 6.26. The molecule has 16 bridgehead atoms. The van der Waals surface area contributed by atoms with Crippen molar-refractivity contribution < 1.29 is 10.6 Å². The van der Waals surface area contributed by atoms with Gasteiger partial charge in [-0.3, -0.25) is 16.0 Å². The van der Waals surface area contributed by atoms with Gasteiger partial charge in [-0.15, -0.1) is 5.35 Å². The van der Waals surface area contributed by atoms with Gasteiger partial charge in [0, 0.05) is 54.7 Å². The lowest BCUT2D eigenvalue weighted by atomic mass is 9.83. The van der Waals surface area contributed by atoms with Gasteiger partial charge in [0.1, 0.15) is 27.5 Å². The number of hydrogen-bond acceptors (Lipinski definition) is 2. The van der Waals surface area contributed by atoms with E-state index in [0.29, 0.717) is 0 Å². The third-order valence-corrected chi connectivity index (χ3v) is 20.9. The molecule has 0 amide bonds. The molecule has 88 heavy (non-hydrogen) atoms. The first-order valence-corrected chi connectivity index (χ1v) is 32.9. The maximum atomic E-state index is 6.16. The Balaban J connectivity index is 1.17. The predicted octanol–water partition coefficient (Wildman–Crippen LogP) is 14.0. The Labute approximate surface area is 512 Å². The maximum absolute atomic E-state index is 6.16. The van der Waals surface area contributed by atoms with Gasteiger partial charge in [0.15, 0.2) is 17.1 Å². The zero-order valence-corrected chi connectivity index (χ0v) is 53.9. The Bertz CT molecular complexity index is 5800. The molecule has 0 saturated carbocycles. The molecule has 0 unspecified atom stereocenters. The Morgan fingerprint density at radius 2 is 0.830 bits per heavy atom. The van der Waals surface area contributed by atoms with Crippen LogP contribution in [-0.2, 0) is 0 Å². The van der Waals surface area contributed by atoms with Crippen molar-refractivity contribution in [3.63, 3.8) is 0 Å². The lowest BCUT2D eigenvalue weighted by Gasteiger charge is -2.13. The highest BCUT2D eigenvalue weighted by Gasteiger charge is 2.46. The van der Waals surface area contributed by atoms with E-state index in [2.05, 4.69) is 239 Å². The van der Waals surface area contributed by atoms with Crippen LogP contribution in [0.1, 0.15) is 162 Å². The topological polar surface area (TPSA) is 119 Å². The number of aromatic nitrogens is 4. The van der Waals surface area contributed by atoms with E-state index in [1.54, 1.807) is 0 Å². The van der Waals surface area contributed by atoms with Crippen molar-refractivity contribution in [1.82, 2.24) is 19.9 Å². The minimum absolute atomic E-state index is 0.155. The zero-order chi connectivity index (χ0) is 60.7. The number of H-pyrrole nitrogens is 3. The molecule has 4 aromatic heterocycles. The van der Waals surface area contributed by atoms with Crippen molar-refractivity contribution in [2.24, 2.45) is 28.7 Å². The molecule has 8 heteroatoms. The average Bonchev–Trinajstić information content (AvgIpc) is 1.55. The van der Waals surface area contributed by atoms with Crippen LogP contribution in [0.15, 0.2) is 113 Å². The minimum Gasteiger partial charge on any atom is -0.651 e. The lowest BCUT2D eigenvalue weighted by molar-refractivity contribution is -0.549. The van der Waals surface area contributed by atoms with Gasteiger partial charge in [-0.2, -0.15) is 0 Å². The van der Waals surface area contributed by atoms with E-state index in [4.69, 9.17) is 9.98 Å². The molecule has 0 radical (unpaired) electrons. The van der Waals surface area contributed by atoms with E-state index < -0.39 is 0 Å². The average molecular weight is 1150 g/mol. The second kappa shape index (κ2) is 18.5. The molecule has 8 nitrogen and oxygen atoms in total. The van der Waals surface area contributed by atoms with Crippen LogP contribution >= 0.6 is 0 Å². The normalized spacial score (nSPS) is 15.5. The summed E-state index contributed by atoms with van der Waals surface area (Å²) in [5.41, 5.74) is 23.7. The number of benzene rings is 8. The molecule has 9 heterocycles. The first-order chi connectivity index (χ1) is 42.4. The Hall–Kier alpha value is -8.56. The zero-order valence-electron chi connectivity index (χ0n) is 53.9. The van der Waals surface area contributed by atoms with Gasteiger partial charge in [0.2, 0.25) is 11.4 Å². The summed E-state index contributed by atoms with van der Waals surface area (Å²) in [6.45, 7) is 38.2. The van der Waals surface area contributed by atoms with Crippen LogP contribution in [0.2, 0.25) is 0 Å². The molecule has 12 aromatic rings. The number of quaternary nitrogens is 2. The molecular formula is C80H80N8+2. The van der Waals surface area contributed by atoms with E-state index in [1.807, 2.05) is 0 Å². The molecule has 5 aliphatic rings. The number of fused-ring (bicyclic) bond motifs is 20. The van der Waals surface area contributed by atoms with E-state index in [-0.39, 0.29) is 47.3 Å². The van der Waals surface area contributed by atoms with Gasteiger partial charge in [-0.25, -0.2) is 4.99 Å². The molecule has 0 atom stereocenters. The van der Waals surface area contributed by atoms with Gasteiger partial charge in [0.25, 0.3) is 0 Å². The third-order valence-electron chi connectivity index (χ3n) is 20.9. The van der Waals surface area contributed by atoms with Crippen molar-refractivity contribution in [2.75, 3.05) is 5.32 Å². The summed E-state index contributed by atoms with van der Waals surface area (Å²) in [5, 5.41) is 34.3. The fourth-order valence-electron chi connectivity index (χ4n) is 17.8. The van der Waals surface area contributed by atoms with Gasteiger partial charge >= 0.3 is 0 Å². The molecule has 438 valence electrons. The van der Waals surface area contributed by atoms with Gasteiger partial charge < -0.3 is 19.9 Å². The number of nitrogens with zero attached hydrogens (tertiary/aromatic N) is 2. The standard InChI is InChI=1S/C80H78N8/c1-33(2)49-57-41-25-17-18-26-42(41)58-51(35(5)6)67-68-53(37(9)10)61-45-29-21-22-30-46(45)63-55(39(13)14)71(87-78(63)77(61)85-68)72-56(40(15)16)64-48-32-24-23-31-47(48)62-54(38(11)12)70(86-79(62)80(64)88-72)69-52(36(7)8)60-44-28-20-19-27-43(44)59-50(34(3)4)66(82-75(59)76(60)84-69)65(49)81-73(57)74(58)83-67/h17-40,81-83,85-86,88H,1-16H3/p+2. The molecule has 5 aliphatic heterocycles. The number of nitrogens with one attached hydrogen (secondary N) is 4. The fourth-order valence-corrected chi connectivity index (χ4v) is 17.8. The van der Waals surface area contributed by atoms with Crippen LogP contribution in [0.5, 0.6) is 0 Å². The number of anilines is 1. The van der Waals surface area contributed by atoms with E-state index in [0.717, 1.165) is 55.0 Å². The summed E-state index contributed by atoms with van der Waals surface area (Å²) < 4.78 is 0. The number of allylic oxidation sites excluding steroid dienone is 2. The van der Waals surface area contributed by atoms with Gasteiger partial charge in [0.05, 0.1) is 43.8 Å². The molecule has 0 aliphatic carbocycles. The fraction of sp³-hybridized carbons (Fsp3) is 0.300. The largest absolute Gasteiger partial charge is 0.651 e. The smallest absolute Gasteiger partial charge is 0.201 e. The van der Waals surface area contributed by atoms with Crippen molar-refractivity contribution in [2.45, 2.75) is 134 Å². The van der Waals surface area contributed by atoms with Crippen LogP contribution in [0.3, 0.4) is 0 Å². The monoisotopic (exact) mass is 1150 g/mol. The predicted molar refractivity (Wildman–Crippen MR) is 368 cm³/mol. The Morgan fingerprint density at radius 1 is 0.409 bits per heavy atom. The summed E-state index contributed by atoms with van der Waals surface area (Å²) in [4.78, 5) is 25.3. The van der Waals surface area contributed by atoms with Crippen LogP contribution < -0.4 is 52.6 Å². The summed E-state index contributed by atoms with van der Waals surface area (Å²) >= 11 is 0. The summed E-state index contributed by atoms with van der Waals surface area (Å²) in [6.07, 6.45) is 0. The summed E-state index contributed by atoms with van der Waals surface area (Å²) in [7, 11) is 0. The van der Waals surface area contributed by atoms with Crippen LogP contribution in [0.4, 0.5) is 17.1 Å². The van der Waals surface area contributed by atoms with Crippen LogP contribution in [0.25, 0.3) is 115 Å². The van der Waals surface area contributed by atoms with E-state index in [9.17, 15) is 0 Å². The quantitative estimate of drug-likeness (QED) is 0.0671. The van der Waals surface area contributed by atoms with Gasteiger partial charge in [-0.05, 0) is 122 Å². The number of aromatic amines is 3. The summed E-state index contributed by atoms with van der Waals surface area (Å²) in [5.74, 6) is 2.80. The SMILES string of the molecule is CC(C)C1=c2c3c4c(c5ccccc25)[C+](C(C)C)C(=c2[nH]c5c6c(c7ccccc7c5c2C(C)C)=C(C(C)C)C(=C2[NH2+]c5c(c7ccccc7c7c(C(C)C)c([n-]c57)=c5[nH]c7c8[nH]c(c(C(C)C)c8c8ccccc8c7c5C(C)C)=C1N=3)=C2C(C)C)[NH2+]6)N4. The van der Waals surface area contributed by atoms with Crippen molar-refractivity contribution in [3.8, 4) is 0 Å². The number of rotatable bonds is 8. The maximum Gasteiger partial charge on any atom is 0.201 e. The van der Waals surface area contributed by atoms with E-state index >= 15 is 0 Å². The Morgan fingerprint density at radius 3 is 1.35 bits per heavy atom. The van der Waals surface area contributed by atoms with Crippen molar-refractivity contribution >= 4 is 132 Å². The third kappa shape index (κ3) is 6.72. The highest BCUT2D eigenvalue weighted by Crippen LogP contribution is 2.48. The first kappa shape index (κ1) is 53.7. The van der Waals surface area contributed by atoms with Gasteiger partial charge in [-0.1, -0.05) is 193 Å². The first-order valence-electron chi connectivity index (χ1n) is 32.9. The molecule has 0 saturated heterocycles. The second-order valence-corrected chi connectivity index (χ2v) is 28.8. The number of hydrogen-bond donors (Lipinski definition) is 6. The van der Waals surface area contributed by atoms with E-state index in [1.165, 1.54) is 164 Å². The minimum atomic E-state index is 0.155. The Kier molecular flexibility index (Phi) is 11.3. The molecule has 17 rings (SSSR count). The van der Waals surface area contributed by atoms with Crippen molar-refractivity contribution in [3.05, 3.63) is 185 Å². The second-order valence-electron chi connectivity index (χ2n) is 28.8. The molecule has 0 fully saturated rings. The lowest BCUT2D eigenvalue weighted by Crippen LogP contribution is -2.82.